The first kappa shape index (κ1) is 21.0. The Bertz CT molecular complexity index is 938. The van der Waals surface area contributed by atoms with Gasteiger partial charge in [-0.05, 0) is 37.1 Å². The normalized spacial score (nSPS) is 17.5. The van der Waals surface area contributed by atoms with E-state index in [9.17, 15) is 9.90 Å². The SMILES string of the molecule is Cc1cccc(Cl)c1NC(=O)c1cnc(N/C(N)=C/C=C(\N)N2CCC(O)C2)s1. The van der Waals surface area contributed by atoms with Crippen LogP contribution in [0.4, 0.5) is 10.8 Å². The lowest BCUT2D eigenvalue weighted by molar-refractivity contribution is 0.103. The van der Waals surface area contributed by atoms with Crippen molar-refractivity contribution in [3.8, 4) is 0 Å². The minimum absolute atomic E-state index is 0.300. The van der Waals surface area contributed by atoms with Crippen LogP contribution in [0.3, 0.4) is 0 Å². The molecule has 2 heterocycles. The van der Waals surface area contributed by atoms with Crippen molar-refractivity contribution in [2.75, 3.05) is 23.7 Å². The average molecular weight is 435 g/mol. The molecule has 0 saturated carbocycles. The summed E-state index contributed by atoms with van der Waals surface area (Å²) in [6.45, 7) is 3.09. The summed E-state index contributed by atoms with van der Waals surface area (Å²) in [7, 11) is 0. The van der Waals surface area contributed by atoms with Gasteiger partial charge in [0.05, 0.1) is 28.8 Å². The Labute approximate surface area is 177 Å². The van der Waals surface area contributed by atoms with Crippen molar-refractivity contribution >= 4 is 39.7 Å². The Morgan fingerprint density at radius 1 is 1.38 bits per heavy atom. The minimum Gasteiger partial charge on any atom is -0.391 e. The molecule has 2 aromatic rings. The number of likely N-dealkylation sites (tertiary alicyclic amines) is 1. The predicted octanol–water partition coefficient (Wildman–Crippen LogP) is 2.44. The molecule has 10 heteroatoms. The number of para-hydroxylation sites is 1. The van der Waals surface area contributed by atoms with Gasteiger partial charge in [0.15, 0.2) is 5.13 Å². The van der Waals surface area contributed by atoms with Crippen LogP contribution in [0.2, 0.25) is 5.02 Å². The number of nitrogens with one attached hydrogen (secondary N) is 2. The van der Waals surface area contributed by atoms with Crippen LogP contribution in [0.1, 0.15) is 21.7 Å². The second kappa shape index (κ2) is 9.17. The van der Waals surface area contributed by atoms with E-state index in [0.29, 0.717) is 51.9 Å². The van der Waals surface area contributed by atoms with E-state index in [0.717, 1.165) is 5.56 Å². The highest BCUT2D eigenvalue weighted by molar-refractivity contribution is 7.17. The Morgan fingerprint density at radius 3 is 2.86 bits per heavy atom. The van der Waals surface area contributed by atoms with Crippen molar-refractivity contribution in [2.45, 2.75) is 19.4 Å². The van der Waals surface area contributed by atoms with Crippen molar-refractivity contribution in [1.29, 1.82) is 0 Å². The number of thiazole rings is 1. The molecule has 0 aliphatic carbocycles. The summed E-state index contributed by atoms with van der Waals surface area (Å²) >= 11 is 7.32. The highest BCUT2D eigenvalue weighted by atomic mass is 35.5. The summed E-state index contributed by atoms with van der Waals surface area (Å²) in [5.74, 6) is 0.558. The van der Waals surface area contributed by atoms with Crippen molar-refractivity contribution in [1.82, 2.24) is 9.88 Å². The Hall–Kier alpha value is -2.75. The van der Waals surface area contributed by atoms with E-state index in [2.05, 4.69) is 15.6 Å². The van der Waals surface area contributed by atoms with Gasteiger partial charge in [-0.25, -0.2) is 4.98 Å². The number of hydrogen-bond donors (Lipinski definition) is 5. The van der Waals surface area contributed by atoms with Gasteiger partial charge in [0.1, 0.15) is 10.7 Å². The Kier molecular flexibility index (Phi) is 6.63. The fourth-order valence-electron chi connectivity index (χ4n) is 2.82. The van der Waals surface area contributed by atoms with Gasteiger partial charge in [0, 0.05) is 13.1 Å². The zero-order chi connectivity index (χ0) is 21.0. The van der Waals surface area contributed by atoms with Crippen molar-refractivity contribution < 1.29 is 9.90 Å². The van der Waals surface area contributed by atoms with Crippen LogP contribution >= 0.6 is 22.9 Å². The molecule has 29 heavy (non-hydrogen) atoms. The second-order valence-electron chi connectivity index (χ2n) is 6.64. The molecule has 0 bridgehead atoms. The van der Waals surface area contributed by atoms with E-state index < -0.39 is 0 Å². The number of aliphatic hydroxyl groups is 1. The van der Waals surface area contributed by atoms with Crippen LogP contribution in [0.5, 0.6) is 0 Å². The zero-order valence-corrected chi connectivity index (χ0v) is 17.4. The van der Waals surface area contributed by atoms with Crippen LogP contribution < -0.4 is 22.1 Å². The van der Waals surface area contributed by atoms with Crippen LogP contribution in [-0.4, -0.2) is 40.1 Å². The van der Waals surface area contributed by atoms with Crippen molar-refractivity contribution in [3.63, 3.8) is 0 Å². The molecule has 1 atom stereocenters. The number of anilines is 2. The molecule has 1 amide bonds. The number of aromatic nitrogens is 1. The molecular formula is C19H23ClN6O2S. The van der Waals surface area contributed by atoms with Gasteiger partial charge in [-0.3, -0.25) is 4.79 Å². The van der Waals surface area contributed by atoms with Gasteiger partial charge < -0.3 is 32.1 Å². The fraction of sp³-hybridized carbons (Fsp3) is 0.263. The molecule has 1 aliphatic rings. The standard InChI is InChI=1S/C19H23ClN6O2S/c1-11-3-2-4-13(20)17(11)25-18(28)14-9-23-19(29-14)24-15(21)5-6-16(22)26-8-7-12(27)10-26/h2-6,9,12,27H,7-8,10,21-22H2,1H3,(H,23,24)(H,25,28)/b15-5+,16-6+. The van der Waals surface area contributed by atoms with E-state index in [-0.39, 0.29) is 12.0 Å². The number of amides is 1. The summed E-state index contributed by atoms with van der Waals surface area (Å²) in [5.41, 5.74) is 13.4. The number of β-amino-alcohol motifs (C(OH)–C–C–N with tert-alkyl or cyclic N) is 1. The largest absolute Gasteiger partial charge is 0.391 e. The number of halogens is 1. The zero-order valence-electron chi connectivity index (χ0n) is 15.9. The number of nitrogens with two attached hydrogens (primary N) is 2. The number of carbonyl (C=O) groups is 1. The van der Waals surface area contributed by atoms with E-state index in [4.69, 9.17) is 23.1 Å². The number of hydrogen-bond acceptors (Lipinski definition) is 8. The Balaban J connectivity index is 1.61. The number of allylic oxidation sites excluding steroid dienone is 2. The van der Waals surface area contributed by atoms with Gasteiger partial charge in [0.2, 0.25) is 0 Å². The quantitative estimate of drug-likeness (QED) is 0.441. The van der Waals surface area contributed by atoms with E-state index >= 15 is 0 Å². The number of carbonyl (C=O) groups excluding carboxylic acids is 1. The van der Waals surface area contributed by atoms with Gasteiger partial charge >= 0.3 is 0 Å². The maximum absolute atomic E-state index is 12.5. The molecule has 1 unspecified atom stereocenters. The highest BCUT2D eigenvalue weighted by Crippen LogP contribution is 2.27. The summed E-state index contributed by atoms with van der Waals surface area (Å²) in [5, 5.41) is 16.3. The molecular weight excluding hydrogens is 412 g/mol. The first-order valence-corrected chi connectivity index (χ1v) is 10.2. The smallest absolute Gasteiger partial charge is 0.267 e. The van der Waals surface area contributed by atoms with E-state index in [1.807, 2.05) is 24.0 Å². The van der Waals surface area contributed by atoms with E-state index in [1.54, 1.807) is 18.2 Å². The first-order chi connectivity index (χ1) is 13.8. The lowest BCUT2D eigenvalue weighted by Crippen LogP contribution is -2.26. The molecule has 8 nitrogen and oxygen atoms in total. The van der Waals surface area contributed by atoms with E-state index in [1.165, 1.54) is 17.5 Å². The number of benzene rings is 1. The molecule has 1 aliphatic heterocycles. The molecule has 3 rings (SSSR count). The topological polar surface area (TPSA) is 130 Å². The number of nitrogens with zero attached hydrogens (tertiary/aromatic N) is 2. The van der Waals surface area contributed by atoms with Crippen LogP contribution in [0, 0.1) is 6.92 Å². The molecule has 1 fully saturated rings. The lowest BCUT2D eigenvalue weighted by Gasteiger charge is -2.17. The van der Waals surface area contributed by atoms with Crippen molar-refractivity contribution in [2.24, 2.45) is 11.5 Å². The maximum atomic E-state index is 12.5. The fourth-order valence-corrected chi connectivity index (χ4v) is 3.83. The molecule has 0 spiro atoms. The third-order valence-corrected chi connectivity index (χ3v) is 5.63. The van der Waals surface area contributed by atoms with Gasteiger partial charge in [-0.2, -0.15) is 0 Å². The summed E-state index contributed by atoms with van der Waals surface area (Å²) < 4.78 is 0. The summed E-state index contributed by atoms with van der Waals surface area (Å²) in [6, 6.07) is 5.41. The van der Waals surface area contributed by atoms with Crippen molar-refractivity contribution in [3.05, 3.63) is 63.7 Å². The second-order valence-corrected chi connectivity index (χ2v) is 8.08. The molecule has 154 valence electrons. The first-order valence-electron chi connectivity index (χ1n) is 8.98. The monoisotopic (exact) mass is 434 g/mol. The summed E-state index contributed by atoms with van der Waals surface area (Å²) in [6.07, 6.45) is 5.10. The third-order valence-electron chi connectivity index (χ3n) is 4.40. The lowest BCUT2D eigenvalue weighted by atomic mass is 10.2. The molecule has 1 aromatic heterocycles. The van der Waals surface area contributed by atoms with Crippen LogP contribution in [0.25, 0.3) is 0 Å². The van der Waals surface area contributed by atoms with Gasteiger partial charge in [-0.15, -0.1) is 0 Å². The molecule has 1 saturated heterocycles. The van der Waals surface area contributed by atoms with Crippen LogP contribution in [-0.2, 0) is 0 Å². The predicted molar refractivity (Wildman–Crippen MR) is 117 cm³/mol. The molecule has 0 radical (unpaired) electrons. The van der Waals surface area contributed by atoms with Gasteiger partial charge in [0.25, 0.3) is 5.91 Å². The summed E-state index contributed by atoms with van der Waals surface area (Å²) in [4.78, 5) is 19.0. The molecule has 1 aromatic carbocycles. The minimum atomic E-state index is -0.351. The maximum Gasteiger partial charge on any atom is 0.267 e. The van der Waals surface area contributed by atoms with Gasteiger partial charge in [-0.1, -0.05) is 35.1 Å². The number of aryl methyl sites for hydroxylation is 1. The molecule has 7 N–H and O–H groups in total. The highest BCUT2D eigenvalue weighted by Gasteiger charge is 2.20. The van der Waals surface area contributed by atoms with Crippen LogP contribution in [0.15, 0.2) is 48.2 Å². The third kappa shape index (κ3) is 5.41. The number of rotatable bonds is 6. The average Bonchev–Trinajstić information content (AvgIpc) is 3.32. The number of aliphatic hydroxyl groups excluding tert-OH is 1. The Morgan fingerprint density at radius 2 is 2.17 bits per heavy atom.